The average molecular weight is 494 g/mol. The number of rotatable bonds is 7. The molecule has 0 spiro atoms. The molecule has 4 aliphatic rings. The molecule has 5 heterocycles. The molecule has 2 bridgehead atoms. The van der Waals surface area contributed by atoms with Crippen LogP contribution in [0.5, 0.6) is 5.75 Å². The van der Waals surface area contributed by atoms with Gasteiger partial charge in [-0.2, -0.15) is 0 Å². The summed E-state index contributed by atoms with van der Waals surface area (Å²) in [5.74, 6) is 1.41. The number of carbonyl (C=O) groups is 2. The van der Waals surface area contributed by atoms with E-state index in [1.54, 1.807) is 29.3 Å². The molecule has 190 valence electrons. The Balaban J connectivity index is 1.17. The van der Waals surface area contributed by atoms with Gasteiger partial charge in [0.1, 0.15) is 30.0 Å². The summed E-state index contributed by atoms with van der Waals surface area (Å²) in [6, 6.07) is 6.81. The van der Waals surface area contributed by atoms with E-state index >= 15 is 0 Å². The Bertz CT molecular complexity index is 1180. The van der Waals surface area contributed by atoms with Crippen molar-refractivity contribution in [3.63, 3.8) is 0 Å². The van der Waals surface area contributed by atoms with Crippen LogP contribution in [-0.2, 0) is 9.47 Å². The van der Waals surface area contributed by atoms with Gasteiger partial charge in [0, 0.05) is 31.8 Å². The fourth-order valence-electron chi connectivity index (χ4n) is 5.09. The maximum Gasteiger partial charge on any atom is 0.329 e. The predicted octanol–water partition coefficient (Wildman–Crippen LogP) is 3.62. The van der Waals surface area contributed by atoms with Gasteiger partial charge < -0.3 is 19.1 Å². The zero-order valence-electron chi connectivity index (χ0n) is 20.6. The summed E-state index contributed by atoms with van der Waals surface area (Å²) in [5.41, 5.74) is 1.31. The third-order valence-electron chi connectivity index (χ3n) is 7.10. The van der Waals surface area contributed by atoms with Crippen molar-refractivity contribution in [2.75, 3.05) is 41.4 Å². The largest absolute Gasteiger partial charge is 0.491 e. The van der Waals surface area contributed by atoms with Gasteiger partial charge in [-0.3, -0.25) is 15.0 Å². The van der Waals surface area contributed by atoms with Gasteiger partial charge in [0.05, 0.1) is 18.3 Å². The number of amides is 2. The van der Waals surface area contributed by atoms with Gasteiger partial charge >= 0.3 is 6.03 Å². The fraction of sp³-hybridized carbons (Fsp3) is 0.538. The highest BCUT2D eigenvalue weighted by atomic mass is 16.7. The van der Waals surface area contributed by atoms with Crippen molar-refractivity contribution in [1.82, 2.24) is 9.97 Å². The van der Waals surface area contributed by atoms with E-state index in [1.807, 2.05) is 19.9 Å². The SMILES string of the molecule is CC1(C)OC[C@@H](COc2ccnc(NC(=O)N3c4nc(C(=O)CC5CC5)ccc4N4CC[C@H]3C4)c2)O1. The van der Waals surface area contributed by atoms with Crippen LogP contribution in [-0.4, -0.2) is 66.0 Å². The highest BCUT2D eigenvalue weighted by Gasteiger charge is 2.41. The molecule has 2 amide bonds. The summed E-state index contributed by atoms with van der Waals surface area (Å²) in [7, 11) is 0. The standard InChI is InChI=1S/C26H31N5O5/c1-26(2)35-15-19(36-26)14-34-18-7-9-27-23(12-18)29-25(33)31-17-8-10-30(13-17)21-6-5-20(28-24(21)31)22(32)11-16-3-4-16/h5-7,9,12,16-17,19H,3-4,8,10-11,13-15H2,1-2H3,(H,27,29,33)/t17-,19+/m0/s1. The monoisotopic (exact) mass is 493 g/mol. The molecule has 2 aromatic heterocycles. The summed E-state index contributed by atoms with van der Waals surface area (Å²) in [6.45, 7) is 6.14. The van der Waals surface area contributed by atoms with Gasteiger partial charge in [-0.1, -0.05) is 0 Å². The third-order valence-corrected chi connectivity index (χ3v) is 7.10. The van der Waals surface area contributed by atoms with E-state index in [-0.39, 0.29) is 24.0 Å². The molecule has 1 saturated carbocycles. The van der Waals surface area contributed by atoms with Gasteiger partial charge in [-0.05, 0) is 57.2 Å². The lowest BCUT2D eigenvalue weighted by atomic mass is 10.1. The first-order valence-electron chi connectivity index (χ1n) is 12.6. The van der Waals surface area contributed by atoms with Gasteiger partial charge in [-0.15, -0.1) is 0 Å². The highest BCUT2D eigenvalue weighted by Crippen LogP contribution is 2.40. The van der Waals surface area contributed by atoms with Crippen LogP contribution < -0.4 is 19.9 Å². The number of nitrogens with zero attached hydrogens (tertiary/aromatic N) is 4. The summed E-state index contributed by atoms with van der Waals surface area (Å²) in [5, 5.41) is 2.90. The summed E-state index contributed by atoms with van der Waals surface area (Å²) < 4.78 is 17.2. The lowest BCUT2D eigenvalue weighted by Crippen LogP contribution is -2.48. The number of nitrogens with one attached hydrogen (secondary N) is 1. The molecule has 1 N–H and O–H groups in total. The van der Waals surface area contributed by atoms with Gasteiger partial charge in [0.15, 0.2) is 17.4 Å². The number of hydrogen-bond acceptors (Lipinski definition) is 8. The summed E-state index contributed by atoms with van der Waals surface area (Å²) >= 11 is 0. The van der Waals surface area contributed by atoms with E-state index in [1.165, 1.54) is 0 Å². The number of pyridine rings is 2. The van der Waals surface area contributed by atoms with Crippen molar-refractivity contribution >= 4 is 29.1 Å². The number of ketones is 1. The van der Waals surface area contributed by atoms with Crippen LogP contribution >= 0.6 is 0 Å². The molecular formula is C26H31N5O5. The van der Waals surface area contributed by atoms with E-state index in [2.05, 4.69) is 20.2 Å². The normalized spacial score (nSPS) is 23.9. The average Bonchev–Trinajstić information content (AvgIpc) is 3.46. The predicted molar refractivity (Wildman–Crippen MR) is 133 cm³/mol. The van der Waals surface area contributed by atoms with E-state index in [0.29, 0.717) is 48.6 Å². The van der Waals surface area contributed by atoms with Crippen LogP contribution in [0.15, 0.2) is 30.5 Å². The minimum absolute atomic E-state index is 0.0129. The smallest absolute Gasteiger partial charge is 0.329 e. The zero-order chi connectivity index (χ0) is 24.9. The molecule has 6 rings (SSSR count). The van der Waals surface area contributed by atoms with Crippen LogP contribution in [0.1, 0.15) is 50.0 Å². The van der Waals surface area contributed by atoms with Gasteiger partial charge in [0.25, 0.3) is 0 Å². The third kappa shape index (κ3) is 4.75. The number of hydrogen-bond donors (Lipinski definition) is 1. The Morgan fingerprint density at radius 1 is 1.22 bits per heavy atom. The van der Waals surface area contributed by atoms with Gasteiger partial charge in [0.2, 0.25) is 0 Å². The molecular weight excluding hydrogens is 462 g/mol. The van der Waals surface area contributed by atoms with Crippen molar-refractivity contribution < 1.29 is 23.8 Å². The fourth-order valence-corrected chi connectivity index (χ4v) is 5.09. The lowest BCUT2D eigenvalue weighted by Gasteiger charge is -2.35. The second-order valence-corrected chi connectivity index (χ2v) is 10.4. The molecule has 1 aliphatic carbocycles. The Kier molecular flexibility index (Phi) is 5.80. The van der Waals surface area contributed by atoms with Crippen molar-refractivity contribution in [1.29, 1.82) is 0 Å². The maximum atomic E-state index is 13.5. The Morgan fingerprint density at radius 3 is 2.86 bits per heavy atom. The van der Waals surface area contributed by atoms with E-state index in [0.717, 1.165) is 38.0 Å². The van der Waals surface area contributed by atoms with Crippen LogP contribution in [0.25, 0.3) is 0 Å². The molecule has 0 aromatic carbocycles. The van der Waals surface area contributed by atoms with Crippen molar-refractivity contribution in [3.8, 4) is 5.75 Å². The number of Topliss-reactive ketones (excluding diaryl/α,β-unsaturated/α-hetero) is 1. The quantitative estimate of drug-likeness (QED) is 0.583. The molecule has 3 aliphatic heterocycles. The van der Waals surface area contributed by atoms with Crippen molar-refractivity contribution in [2.45, 2.75) is 57.5 Å². The minimum atomic E-state index is -0.609. The first kappa shape index (κ1) is 23.2. The Morgan fingerprint density at radius 2 is 2.08 bits per heavy atom. The summed E-state index contributed by atoms with van der Waals surface area (Å²) in [6.07, 6.45) is 5.01. The van der Waals surface area contributed by atoms with E-state index in [4.69, 9.17) is 14.2 Å². The minimum Gasteiger partial charge on any atom is -0.491 e. The number of urea groups is 1. The number of carbonyl (C=O) groups excluding carboxylic acids is 2. The van der Waals surface area contributed by atoms with E-state index < -0.39 is 5.79 Å². The molecule has 10 heteroatoms. The molecule has 2 saturated heterocycles. The second kappa shape index (κ2) is 9.01. The van der Waals surface area contributed by atoms with Crippen LogP contribution in [0, 0.1) is 5.92 Å². The Hall–Kier alpha value is -3.24. The van der Waals surface area contributed by atoms with E-state index in [9.17, 15) is 9.59 Å². The molecule has 2 atom stereocenters. The topological polar surface area (TPSA) is 106 Å². The van der Waals surface area contributed by atoms with Crippen LogP contribution in [0.4, 0.5) is 22.1 Å². The van der Waals surface area contributed by atoms with Crippen molar-refractivity contribution in [3.05, 3.63) is 36.2 Å². The number of aromatic nitrogens is 2. The second-order valence-electron chi connectivity index (χ2n) is 10.4. The molecule has 2 aromatic rings. The number of fused-ring (bicyclic) bond motifs is 4. The number of anilines is 3. The van der Waals surface area contributed by atoms with Crippen LogP contribution in [0.3, 0.4) is 0 Å². The maximum absolute atomic E-state index is 13.5. The number of ether oxygens (including phenoxy) is 3. The summed E-state index contributed by atoms with van der Waals surface area (Å²) in [4.78, 5) is 39.1. The van der Waals surface area contributed by atoms with Gasteiger partial charge in [-0.25, -0.2) is 14.8 Å². The molecule has 0 radical (unpaired) electrons. The molecule has 10 nitrogen and oxygen atoms in total. The lowest BCUT2D eigenvalue weighted by molar-refractivity contribution is -0.141. The zero-order valence-corrected chi connectivity index (χ0v) is 20.6. The van der Waals surface area contributed by atoms with Crippen molar-refractivity contribution in [2.24, 2.45) is 5.92 Å². The molecule has 36 heavy (non-hydrogen) atoms. The molecule has 3 fully saturated rings. The highest BCUT2D eigenvalue weighted by molar-refractivity contribution is 6.05. The first-order valence-corrected chi connectivity index (χ1v) is 12.6. The Labute approximate surface area is 209 Å². The molecule has 0 unspecified atom stereocenters. The first-order chi connectivity index (χ1) is 17.3. The van der Waals surface area contributed by atoms with Crippen LogP contribution in [0.2, 0.25) is 0 Å².